The summed E-state index contributed by atoms with van der Waals surface area (Å²) in [5.41, 5.74) is 3.22. The Kier molecular flexibility index (Phi) is 5.29. The summed E-state index contributed by atoms with van der Waals surface area (Å²) in [6.07, 6.45) is -0.863. The summed E-state index contributed by atoms with van der Waals surface area (Å²) in [7, 11) is 0. The van der Waals surface area contributed by atoms with Crippen molar-refractivity contribution in [1.29, 1.82) is 0 Å². The van der Waals surface area contributed by atoms with Gasteiger partial charge >= 0.3 is 0 Å². The fourth-order valence-corrected chi connectivity index (χ4v) is 1.63. The molecule has 2 aromatic rings. The first-order valence-corrected chi connectivity index (χ1v) is 6.53. The Hall–Kier alpha value is -2.40. The van der Waals surface area contributed by atoms with E-state index in [2.05, 4.69) is 5.48 Å². The Labute approximate surface area is 122 Å². The maximum absolute atomic E-state index is 13.4. The highest BCUT2D eigenvalue weighted by Gasteiger charge is 2.16. The molecule has 0 spiro atoms. The van der Waals surface area contributed by atoms with Crippen LogP contribution in [0, 0.1) is 5.82 Å². The van der Waals surface area contributed by atoms with Gasteiger partial charge in [0.1, 0.15) is 0 Å². The van der Waals surface area contributed by atoms with Gasteiger partial charge in [-0.3, -0.25) is 9.63 Å². The Bertz CT molecular complexity index is 589. The number of halogens is 1. The molecule has 0 aliphatic heterocycles. The van der Waals surface area contributed by atoms with E-state index in [1.807, 2.05) is 30.3 Å². The lowest BCUT2D eigenvalue weighted by molar-refractivity contribution is -0.141. The number of rotatable bonds is 6. The van der Waals surface area contributed by atoms with E-state index in [1.54, 1.807) is 12.1 Å². The minimum Gasteiger partial charge on any atom is -0.478 e. The van der Waals surface area contributed by atoms with Gasteiger partial charge in [0.15, 0.2) is 17.7 Å². The van der Waals surface area contributed by atoms with Crippen LogP contribution in [0.15, 0.2) is 54.6 Å². The van der Waals surface area contributed by atoms with Gasteiger partial charge in [-0.1, -0.05) is 42.5 Å². The highest BCUT2D eigenvalue weighted by Crippen LogP contribution is 2.16. The standard InChI is InChI=1S/C16H16FNO3/c1-12(21-15-10-6-5-9-14(15)17)16(19)18-20-11-13-7-3-2-4-8-13/h2-10,12H,11H2,1H3,(H,18,19)/t12-/m0/s1. The first-order valence-electron chi connectivity index (χ1n) is 6.53. The SMILES string of the molecule is C[C@H](Oc1ccccc1F)C(=O)NOCc1ccccc1. The smallest absolute Gasteiger partial charge is 0.284 e. The number of ether oxygens (including phenoxy) is 1. The number of nitrogens with one attached hydrogen (secondary N) is 1. The van der Waals surface area contributed by atoms with Crippen LogP contribution in [0.3, 0.4) is 0 Å². The Morgan fingerprint density at radius 2 is 1.81 bits per heavy atom. The van der Waals surface area contributed by atoms with Crippen molar-refractivity contribution in [2.24, 2.45) is 0 Å². The molecule has 0 aliphatic carbocycles. The zero-order chi connectivity index (χ0) is 15.1. The van der Waals surface area contributed by atoms with Crippen LogP contribution in [0.2, 0.25) is 0 Å². The summed E-state index contributed by atoms with van der Waals surface area (Å²) in [4.78, 5) is 16.9. The van der Waals surface area contributed by atoms with E-state index in [9.17, 15) is 9.18 Å². The van der Waals surface area contributed by atoms with Gasteiger partial charge in [-0.15, -0.1) is 0 Å². The van der Waals surface area contributed by atoms with Crippen LogP contribution in [-0.2, 0) is 16.2 Å². The number of carbonyl (C=O) groups excluding carboxylic acids is 1. The summed E-state index contributed by atoms with van der Waals surface area (Å²) in [5, 5.41) is 0. The Morgan fingerprint density at radius 1 is 1.14 bits per heavy atom. The minimum atomic E-state index is -0.863. The van der Waals surface area contributed by atoms with Crippen molar-refractivity contribution in [1.82, 2.24) is 5.48 Å². The van der Waals surface area contributed by atoms with Gasteiger partial charge in [0, 0.05) is 0 Å². The quantitative estimate of drug-likeness (QED) is 0.832. The lowest BCUT2D eigenvalue weighted by atomic mass is 10.2. The molecule has 21 heavy (non-hydrogen) atoms. The Morgan fingerprint density at radius 3 is 2.52 bits per heavy atom. The molecule has 4 nitrogen and oxygen atoms in total. The van der Waals surface area contributed by atoms with Crippen molar-refractivity contribution < 1.29 is 18.8 Å². The van der Waals surface area contributed by atoms with Gasteiger partial charge in [0.25, 0.3) is 5.91 Å². The van der Waals surface area contributed by atoms with E-state index >= 15 is 0 Å². The van der Waals surface area contributed by atoms with Gasteiger partial charge in [-0.25, -0.2) is 9.87 Å². The fourth-order valence-electron chi connectivity index (χ4n) is 1.63. The lowest BCUT2D eigenvalue weighted by Gasteiger charge is -2.14. The third kappa shape index (κ3) is 4.57. The van der Waals surface area contributed by atoms with Crippen LogP contribution >= 0.6 is 0 Å². The van der Waals surface area contributed by atoms with Crippen molar-refractivity contribution in [2.45, 2.75) is 19.6 Å². The summed E-state index contributed by atoms with van der Waals surface area (Å²) in [6, 6.07) is 15.3. The van der Waals surface area contributed by atoms with E-state index in [0.29, 0.717) is 0 Å². The van der Waals surface area contributed by atoms with Gasteiger partial charge in [0.2, 0.25) is 0 Å². The van der Waals surface area contributed by atoms with Crippen molar-refractivity contribution in [3.63, 3.8) is 0 Å². The van der Waals surface area contributed by atoms with Crippen molar-refractivity contribution in [2.75, 3.05) is 0 Å². The zero-order valence-corrected chi connectivity index (χ0v) is 11.6. The van der Waals surface area contributed by atoms with E-state index in [1.165, 1.54) is 19.1 Å². The number of hydrogen-bond donors (Lipinski definition) is 1. The van der Waals surface area contributed by atoms with Crippen LogP contribution in [0.25, 0.3) is 0 Å². The molecular formula is C16H16FNO3. The van der Waals surface area contributed by atoms with Crippen molar-refractivity contribution in [3.05, 3.63) is 66.0 Å². The Balaban J connectivity index is 1.79. The second kappa shape index (κ2) is 7.40. The van der Waals surface area contributed by atoms with Crippen molar-refractivity contribution in [3.8, 4) is 5.75 Å². The first-order chi connectivity index (χ1) is 10.2. The maximum atomic E-state index is 13.4. The van der Waals surface area contributed by atoms with Gasteiger partial charge in [-0.2, -0.15) is 0 Å². The second-order valence-corrected chi connectivity index (χ2v) is 4.43. The van der Waals surface area contributed by atoms with Crippen LogP contribution in [0.1, 0.15) is 12.5 Å². The molecular weight excluding hydrogens is 273 g/mol. The van der Waals surface area contributed by atoms with Gasteiger partial charge in [-0.05, 0) is 24.6 Å². The average Bonchev–Trinajstić information content (AvgIpc) is 2.50. The molecule has 1 amide bonds. The van der Waals surface area contributed by atoms with Gasteiger partial charge < -0.3 is 4.74 Å². The minimum absolute atomic E-state index is 0.0307. The second-order valence-electron chi connectivity index (χ2n) is 4.43. The maximum Gasteiger partial charge on any atom is 0.284 e. The topological polar surface area (TPSA) is 47.6 Å². The fraction of sp³-hybridized carbons (Fsp3) is 0.188. The predicted octanol–water partition coefficient (Wildman–Crippen LogP) is 2.84. The van der Waals surface area contributed by atoms with Crippen LogP contribution in [0.5, 0.6) is 5.75 Å². The molecule has 0 radical (unpaired) electrons. The molecule has 1 N–H and O–H groups in total. The molecule has 0 aliphatic rings. The number of benzene rings is 2. The molecule has 0 heterocycles. The number of hydrogen-bond acceptors (Lipinski definition) is 3. The molecule has 0 unspecified atom stereocenters. The summed E-state index contributed by atoms with van der Waals surface area (Å²) in [5.74, 6) is -0.959. The number of hydroxylamine groups is 1. The number of para-hydroxylation sites is 1. The van der Waals surface area contributed by atoms with Crippen molar-refractivity contribution >= 4 is 5.91 Å². The zero-order valence-electron chi connectivity index (χ0n) is 11.6. The highest BCUT2D eigenvalue weighted by molar-refractivity contribution is 5.79. The molecule has 2 rings (SSSR count). The van der Waals surface area contributed by atoms with Crippen LogP contribution < -0.4 is 10.2 Å². The van der Waals surface area contributed by atoms with E-state index in [4.69, 9.17) is 9.57 Å². The molecule has 0 aromatic heterocycles. The molecule has 2 aromatic carbocycles. The monoisotopic (exact) mass is 289 g/mol. The lowest BCUT2D eigenvalue weighted by Crippen LogP contribution is -2.36. The van der Waals surface area contributed by atoms with Crippen LogP contribution in [0.4, 0.5) is 4.39 Å². The van der Waals surface area contributed by atoms with E-state index in [0.717, 1.165) is 5.56 Å². The highest BCUT2D eigenvalue weighted by atomic mass is 19.1. The molecule has 1 atom stereocenters. The summed E-state index contributed by atoms with van der Waals surface area (Å²) in [6.45, 7) is 1.77. The number of carbonyl (C=O) groups is 1. The number of amides is 1. The summed E-state index contributed by atoms with van der Waals surface area (Å²) >= 11 is 0. The first kappa shape index (κ1) is 15.0. The van der Waals surface area contributed by atoms with Crippen LogP contribution in [-0.4, -0.2) is 12.0 Å². The van der Waals surface area contributed by atoms with E-state index < -0.39 is 17.8 Å². The third-order valence-corrected chi connectivity index (χ3v) is 2.76. The molecule has 0 bridgehead atoms. The largest absolute Gasteiger partial charge is 0.478 e. The summed E-state index contributed by atoms with van der Waals surface area (Å²) < 4.78 is 18.6. The molecule has 5 heteroatoms. The molecule has 110 valence electrons. The molecule has 0 fully saturated rings. The average molecular weight is 289 g/mol. The molecule has 0 saturated heterocycles. The predicted molar refractivity (Wildman–Crippen MR) is 75.9 cm³/mol. The van der Waals surface area contributed by atoms with E-state index in [-0.39, 0.29) is 12.4 Å². The normalized spacial score (nSPS) is 11.7. The van der Waals surface area contributed by atoms with Gasteiger partial charge in [0.05, 0.1) is 6.61 Å². The molecule has 0 saturated carbocycles. The third-order valence-electron chi connectivity index (χ3n) is 2.76.